The fraction of sp³-hybridized carbons (Fsp3) is 0.636. The van der Waals surface area contributed by atoms with Crippen LogP contribution in [0, 0.1) is 0 Å². The zero-order valence-electron chi connectivity index (χ0n) is 12.0. The van der Waals surface area contributed by atoms with E-state index in [4.69, 9.17) is 32.5 Å². The maximum atomic E-state index is 12.0. The average Bonchev–Trinajstić information content (AvgIpc) is 2.47. The van der Waals surface area contributed by atoms with Gasteiger partial charge >= 0.3 is 17.9 Å². The second-order valence-electron chi connectivity index (χ2n) is 4.67. The Balaban J connectivity index is 4.55. The van der Waals surface area contributed by atoms with E-state index in [1.165, 1.54) is 0 Å². The molecule has 0 aromatic carbocycles. The number of Topliss-reactive ketones (excluding diaryl/α,β-unsaturated/α-hetero) is 1. The van der Waals surface area contributed by atoms with Crippen LogP contribution in [-0.4, -0.2) is 68.1 Å². The number of hydrogen-bond acceptors (Lipinski definition) is 9. The predicted molar refractivity (Wildman–Crippen MR) is 84.9 cm³/mol. The van der Waals surface area contributed by atoms with Gasteiger partial charge in [-0.2, -0.15) is 0 Å². The lowest BCUT2D eigenvalue weighted by Crippen LogP contribution is -2.57. The summed E-state index contributed by atoms with van der Waals surface area (Å²) in [5, 5.41) is 26.4. The first-order valence-electron chi connectivity index (χ1n) is 6.29. The maximum Gasteiger partial charge on any atom is 0.332 e. The van der Waals surface area contributed by atoms with E-state index in [1.54, 1.807) is 0 Å². The highest BCUT2D eigenvalue weighted by Gasteiger charge is 2.41. The van der Waals surface area contributed by atoms with Crippen molar-refractivity contribution in [1.29, 1.82) is 0 Å². The van der Waals surface area contributed by atoms with Gasteiger partial charge < -0.3 is 32.5 Å². The van der Waals surface area contributed by atoms with Gasteiger partial charge in [0.1, 0.15) is 12.1 Å². The Morgan fingerprint density at radius 1 is 0.957 bits per heavy atom. The Morgan fingerprint density at radius 2 is 1.48 bits per heavy atom. The molecule has 132 valence electrons. The Labute approximate surface area is 139 Å². The molecule has 1 unspecified atom stereocenters. The van der Waals surface area contributed by atoms with Gasteiger partial charge in [0.25, 0.3) is 0 Å². The third-order valence-corrected chi connectivity index (χ3v) is 5.31. The third-order valence-electron chi connectivity index (χ3n) is 2.81. The number of carbonyl (C=O) groups excluding carboxylic acids is 1. The summed E-state index contributed by atoms with van der Waals surface area (Å²) < 4.78 is 0. The van der Waals surface area contributed by atoms with Crippen molar-refractivity contribution in [2.45, 2.75) is 30.5 Å². The molecule has 0 bridgehead atoms. The van der Waals surface area contributed by atoms with Crippen molar-refractivity contribution in [3.63, 3.8) is 0 Å². The number of nitrogens with two attached hydrogens (primary N) is 3. The summed E-state index contributed by atoms with van der Waals surface area (Å²) in [5.74, 6) is -5.22. The SMILES string of the molecule is NC(CCC(=O)[C@](N)(CSSC[C@H](N)C(=O)O)C(=O)O)C(=O)O. The minimum absolute atomic E-state index is 0.00772. The number of carbonyl (C=O) groups is 4. The van der Waals surface area contributed by atoms with E-state index >= 15 is 0 Å². The van der Waals surface area contributed by atoms with Gasteiger partial charge in [-0.3, -0.25) is 14.4 Å². The lowest BCUT2D eigenvalue weighted by Gasteiger charge is -2.23. The molecule has 0 aliphatic heterocycles. The maximum absolute atomic E-state index is 12.0. The molecule has 0 amide bonds. The van der Waals surface area contributed by atoms with E-state index in [9.17, 15) is 19.2 Å². The van der Waals surface area contributed by atoms with Gasteiger partial charge in [0, 0.05) is 17.9 Å². The van der Waals surface area contributed by atoms with Crippen molar-refractivity contribution in [2.75, 3.05) is 11.5 Å². The van der Waals surface area contributed by atoms with Crippen LogP contribution in [0.4, 0.5) is 0 Å². The second-order valence-corrected chi connectivity index (χ2v) is 7.18. The van der Waals surface area contributed by atoms with Crippen LogP contribution in [0.3, 0.4) is 0 Å². The van der Waals surface area contributed by atoms with Crippen molar-refractivity contribution >= 4 is 45.3 Å². The molecule has 3 atom stereocenters. The zero-order valence-corrected chi connectivity index (χ0v) is 13.6. The molecule has 0 heterocycles. The molecule has 12 heteroatoms. The van der Waals surface area contributed by atoms with Crippen LogP contribution in [0.2, 0.25) is 0 Å². The van der Waals surface area contributed by atoms with Gasteiger partial charge in [0.2, 0.25) is 0 Å². The number of ketones is 1. The fourth-order valence-electron chi connectivity index (χ4n) is 1.22. The normalized spacial score (nSPS) is 16.1. The monoisotopic (exact) mass is 369 g/mol. The van der Waals surface area contributed by atoms with E-state index in [1.807, 2.05) is 0 Å². The molecule has 23 heavy (non-hydrogen) atoms. The molecule has 10 nitrogen and oxygen atoms in total. The molecule has 0 radical (unpaired) electrons. The van der Waals surface area contributed by atoms with Gasteiger partial charge in [-0.15, -0.1) is 0 Å². The summed E-state index contributed by atoms with van der Waals surface area (Å²) in [5.41, 5.74) is 13.9. The summed E-state index contributed by atoms with van der Waals surface area (Å²) in [7, 11) is 1.88. The minimum Gasteiger partial charge on any atom is -0.480 e. The van der Waals surface area contributed by atoms with Gasteiger partial charge in [-0.25, -0.2) is 4.79 Å². The molecular weight excluding hydrogens is 350 g/mol. The topological polar surface area (TPSA) is 207 Å². The van der Waals surface area contributed by atoms with E-state index in [0.717, 1.165) is 21.6 Å². The molecule has 0 aliphatic carbocycles. The largest absolute Gasteiger partial charge is 0.480 e. The molecule has 0 aliphatic rings. The van der Waals surface area contributed by atoms with Crippen LogP contribution >= 0.6 is 21.6 Å². The molecule has 0 spiro atoms. The Kier molecular flexibility index (Phi) is 9.16. The van der Waals surface area contributed by atoms with Crippen LogP contribution in [0.15, 0.2) is 0 Å². The third kappa shape index (κ3) is 7.18. The van der Waals surface area contributed by atoms with Crippen molar-refractivity contribution in [2.24, 2.45) is 17.2 Å². The minimum atomic E-state index is -2.21. The number of carboxylic acid groups (broad SMARTS) is 3. The molecule has 9 N–H and O–H groups in total. The lowest BCUT2D eigenvalue weighted by molar-refractivity contribution is -0.147. The molecule has 0 fully saturated rings. The summed E-state index contributed by atoms with van der Waals surface area (Å²) in [6.07, 6.45) is -0.627. The van der Waals surface area contributed by atoms with Gasteiger partial charge in [-0.1, -0.05) is 21.6 Å². The van der Waals surface area contributed by atoms with Gasteiger partial charge in [0.05, 0.1) is 0 Å². The fourth-order valence-corrected chi connectivity index (χ4v) is 3.70. The molecule has 0 aromatic heterocycles. The zero-order chi connectivity index (χ0) is 18.2. The summed E-state index contributed by atoms with van der Waals surface area (Å²) >= 11 is 0. The van der Waals surface area contributed by atoms with E-state index in [2.05, 4.69) is 0 Å². The quantitative estimate of drug-likeness (QED) is 0.129. The van der Waals surface area contributed by atoms with Crippen molar-refractivity contribution in [1.82, 2.24) is 0 Å². The van der Waals surface area contributed by atoms with Gasteiger partial charge in [0.15, 0.2) is 11.3 Å². The van der Waals surface area contributed by atoms with E-state index in [-0.39, 0.29) is 17.9 Å². The Bertz CT molecular complexity index is 477. The first-order chi connectivity index (χ1) is 10.5. The van der Waals surface area contributed by atoms with Crippen molar-refractivity contribution in [3.8, 4) is 0 Å². The number of rotatable bonds is 12. The smallest absolute Gasteiger partial charge is 0.332 e. The summed E-state index contributed by atoms with van der Waals surface area (Å²) in [4.78, 5) is 44.3. The highest BCUT2D eigenvalue weighted by Crippen LogP contribution is 2.27. The summed E-state index contributed by atoms with van der Waals surface area (Å²) in [6.45, 7) is 0. The summed E-state index contributed by atoms with van der Waals surface area (Å²) in [6, 6.07) is -2.40. The molecule has 0 saturated heterocycles. The van der Waals surface area contributed by atoms with Crippen LogP contribution < -0.4 is 17.2 Å². The molecule has 0 rings (SSSR count). The van der Waals surface area contributed by atoms with Crippen molar-refractivity contribution < 1.29 is 34.5 Å². The van der Waals surface area contributed by atoms with Gasteiger partial charge in [-0.05, 0) is 6.42 Å². The molecular formula is C11H19N3O7S2. The van der Waals surface area contributed by atoms with Crippen molar-refractivity contribution in [3.05, 3.63) is 0 Å². The lowest BCUT2D eigenvalue weighted by atomic mass is 9.93. The van der Waals surface area contributed by atoms with Crippen LogP contribution in [-0.2, 0) is 19.2 Å². The molecule has 0 aromatic rings. The first-order valence-corrected chi connectivity index (χ1v) is 8.78. The van der Waals surface area contributed by atoms with E-state index in [0.29, 0.717) is 0 Å². The second kappa shape index (κ2) is 9.72. The molecule has 0 saturated carbocycles. The van der Waals surface area contributed by atoms with E-state index < -0.39 is 47.7 Å². The van der Waals surface area contributed by atoms with Crippen LogP contribution in [0.1, 0.15) is 12.8 Å². The number of hydrogen-bond donors (Lipinski definition) is 6. The number of aliphatic carboxylic acids is 3. The Morgan fingerprint density at radius 3 is 1.91 bits per heavy atom. The average molecular weight is 369 g/mol. The first kappa shape index (κ1) is 21.7. The van der Waals surface area contributed by atoms with Crippen LogP contribution in [0.5, 0.6) is 0 Å². The van der Waals surface area contributed by atoms with Crippen LogP contribution in [0.25, 0.3) is 0 Å². The number of carboxylic acids is 3. The standard InChI is InChI=1S/C11H19N3O7S2/c12-5(8(16)17)1-2-7(15)11(14,10(20)21)4-23-22-3-6(13)9(18)19/h5-6H,1-4,12-14H2,(H,16,17)(H,18,19)(H,20,21)/t5?,6-,11+/m0/s1. The highest BCUT2D eigenvalue weighted by molar-refractivity contribution is 8.76. The highest BCUT2D eigenvalue weighted by atomic mass is 33.1. The Hall–Kier alpha value is -1.34. The predicted octanol–water partition coefficient (Wildman–Crippen LogP) is -1.68.